The van der Waals surface area contributed by atoms with Crippen molar-refractivity contribution in [3.8, 4) is 0 Å². The molecule has 9 heteroatoms. The van der Waals surface area contributed by atoms with Crippen molar-refractivity contribution in [3.05, 3.63) is 59.7 Å². The fourth-order valence-electron chi connectivity index (χ4n) is 3.37. The Morgan fingerprint density at radius 2 is 1.62 bits per heavy atom. The Hall–Kier alpha value is -2.55. The predicted molar refractivity (Wildman–Crippen MR) is 103 cm³/mol. The van der Waals surface area contributed by atoms with Gasteiger partial charge in [0.25, 0.3) is 15.7 Å². The van der Waals surface area contributed by atoms with Crippen molar-refractivity contribution >= 4 is 21.4 Å². The van der Waals surface area contributed by atoms with E-state index in [1.54, 1.807) is 7.05 Å². The zero-order valence-corrected chi connectivity index (χ0v) is 16.6. The van der Waals surface area contributed by atoms with Gasteiger partial charge in [0.2, 0.25) is 0 Å². The monoisotopic (exact) mass is 426 g/mol. The Morgan fingerprint density at radius 1 is 1.03 bits per heavy atom. The van der Waals surface area contributed by atoms with E-state index in [-0.39, 0.29) is 5.56 Å². The second kappa shape index (κ2) is 8.06. The van der Waals surface area contributed by atoms with Gasteiger partial charge in [-0.3, -0.25) is 4.79 Å². The van der Waals surface area contributed by atoms with Gasteiger partial charge in [-0.15, -0.1) is 0 Å². The van der Waals surface area contributed by atoms with Crippen molar-refractivity contribution in [1.82, 2.24) is 4.90 Å². The molecular formula is C20H21F3N2O3S. The van der Waals surface area contributed by atoms with E-state index in [4.69, 9.17) is 0 Å². The van der Waals surface area contributed by atoms with Crippen molar-refractivity contribution in [2.24, 2.45) is 0 Å². The van der Waals surface area contributed by atoms with Crippen LogP contribution in [-0.2, 0) is 16.4 Å². The lowest BCUT2D eigenvalue weighted by Gasteiger charge is -2.24. The molecule has 2 aromatic rings. The van der Waals surface area contributed by atoms with E-state index in [1.807, 2.05) is 24.3 Å². The molecule has 0 unspecified atom stereocenters. The summed E-state index contributed by atoms with van der Waals surface area (Å²) in [5.74, 6) is -0.405. The summed E-state index contributed by atoms with van der Waals surface area (Å²) in [4.78, 5) is 15.5. The highest BCUT2D eigenvalue weighted by Gasteiger charge is 2.46. The van der Waals surface area contributed by atoms with Crippen molar-refractivity contribution in [2.75, 3.05) is 25.0 Å². The fourth-order valence-corrected chi connectivity index (χ4v) is 4.13. The molecule has 1 heterocycles. The first-order valence-corrected chi connectivity index (χ1v) is 10.6. The Labute approximate surface area is 167 Å². The van der Waals surface area contributed by atoms with Crippen LogP contribution in [0.2, 0.25) is 0 Å². The number of sulfone groups is 1. The van der Waals surface area contributed by atoms with Gasteiger partial charge < -0.3 is 9.80 Å². The summed E-state index contributed by atoms with van der Waals surface area (Å²) < 4.78 is 60.8. The number of hydrogen-bond acceptors (Lipinski definition) is 4. The van der Waals surface area contributed by atoms with Gasteiger partial charge in [0, 0.05) is 37.9 Å². The largest absolute Gasteiger partial charge is 0.501 e. The molecule has 156 valence electrons. The molecule has 0 aromatic heterocycles. The summed E-state index contributed by atoms with van der Waals surface area (Å²) in [7, 11) is -3.83. The number of anilines is 1. The second-order valence-corrected chi connectivity index (χ2v) is 8.90. The average molecular weight is 426 g/mol. The number of alkyl halides is 3. The van der Waals surface area contributed by atoms with Crippen molar-refractivity contribution in [1.29, 1.82) is 0 Å². The molecule has 29 heavy (non-hydrogen) atoms. The van der Waals surface area contributed by atoms with Crippen LogP contribution in [0.25, 0.3) is 0 Å². The SMILES string of the molecule is CN(Cc1ccccc1N1CCCC1)C(=O)c1ccc(S(=O)(=O)C(F)(F)F)cc1. The first-order valence-electron chi connectivity index (χ1n) is 9.11. The molecule has 3 rings (SSSR count). The van der Waals surface area contributed by atoms with Crippen LogP contribution in [0.3, 0.4) is 0 Å². The number of halogens is 3. The van der Waals surface area contributed by atoms with Gasteiger partial charge in [0.05, 0.1) is 4.90 Å². The summed E-state index contributed by atoms with van der Waals surface area (Å²) in [6.07, 6.45) is 2.24. The van der Waals surface area contributed by atoms with E-state index in [0.29, 0.717) is 6.54 Å². The zero-order valence-electron chi connectivity index (χ0n) is 15.8. The number of hydrogen-bond donors (Lipinski definition) is 0. The van der Waals surface area contributed by atoms with Crippen LogP contribution in [0.15, 0.2) is 53.4 Å². The molecule has 0 aliphatic carbocycles. The van der Waals surface area contributed by atoms with Crippen molar-refractivity contribution in [3.63, 3.8) is 0 Å². The maximum atomic E-state index is 12.7. The molecule has 1 aliphatic heterocycles. The maximum Gasteiger partial charge on any atom is 0.501 e. The first kappa shape index (κ1) is 21.2. The van der Waals surface area contributed by atoms with E-state index < -0.39 is 26.1 Å². The number of carbonyl (C=O) groups excluding carboxylic acids is 1. The van der Waals surface area contributed by atoms with E-state index in [0.717, 1.165) is 61.4 Å². The lowest BCUT2D eigenvalue weighted by Crippen LogP contribution is -2.28. The van der Waals surface area contributed by atoms with Crippen LogP contribution in [0.5, 0.6) is 0 Å². The van der Waals surface area contributed by atoms with Crippen LogP contribution in [0, 0.1) is 0 Å². The summed E-state index contributed by atoms with van der Waals surface area (Å²) >= 11 is 0. The highest BCUT2D eigenvalue weighted by Crippen LogP contribution is 2.30. The number of benzene rings is 2. The summed E-state index contributed by atoms with van der Waals surface area (Å²) in [6, 6.07) is 11.6. The van der Waals surface area contributed by atoms with Crippen LogP contribution < -0.4 is 4.90 Å². The van der Waals surface area contributed by atoms with Gasteiger partial charge in [0.15, 0.2) is 0 Å². The van der Waals surface area contributed by atoms with Gasteiger partial charge in [0.1, 0.15) is 0 Å². The second-order valence-electron chi connectivity index (χ2n) is 6.96. The van der Waals surface area contributed by atoms with Crippen LogP contribution >= 0.6 is 0 Å². The van der Waals surface area contributed by atoms with Crippen LogP contribution in [-0.4, -0.2) is 44.9 Å². The fraction of sp³-hybridized carbons (Fsp3) is 0.350. The number of rotatable bonds is 5. The van der Waals surface area contributed by atoms with E-state index >= 15 is 0 Å². The minimum Gasteiger partial charge on any atom is -0.371 e. The smallest absolute Gasteiger partial charge is 0.371 e. The third kappa shape index (κ3) is 4.39. The Bertz CT molecular complexity index is 983. The Balaban J connectivity index is 1.76. The molecule has 1 amide bonds. The number of carbonyl (C=O) groups is 1. The standard InChI is InChI=1S/C20H21F3N2O3S/c1-24(14-16-6-2-3-7-18(16)25-12-4-5-13-25)19(26)15-8-10-17(11-9-15)29(27,28)20(21,22)23/h2-3,6-11H,4-5,12-14H2,1H3. The lowest BCUT2D eigenvalue weighted by atomic mass is 10.1. The van der Waals surface area contributed by atoms with Gasteiger partial charge >= 0.3 is 5.51 Å². The molecule has 0 atom stereocenters. The third-order valence-electron chi connectivity index (χ3n) is 4.91. The molecular weight excluding hydrogens is 405 g/mol. The molecule has 1 fully saturated rings. The first-order chi connectivity index (χ1) is 13.6. The number of nitrogens with zero attached hydrogens (tertiary/aromatic N) is 2. The van der Waals surface area contributed by atoms with E-state index in [1.165, 1.54) is 4.90 Å². The third-order valence-corrected chi connectivity index (χ3v) is 6.41. The van der Waals surface area contributed by atoms with Gasteiger partial charge in [-0.2, -0.15) is 13.2 Å². The summed E-state index contributed by atoms with van der Waals surface area (Å²) in [5, 5.41) is 0. The Kier molecular flexibility index (Phi) is 5.88. The van der Waals surface area contributed by atoms with Crippen molar-refractivity contribution < 1.29 is 26.4 Å². The van der Waals surface area contributed by atoms with Crippen LogP contribution in [0.1, 0.15) is 28.8 Å². The lowest BCUT2D eigenvalue weighted by molar-refractivity contribution is -0.0436. The minimum atomic E-state index is -5.43. The minimum absolute atomic E-state index is 0.118. The van der Waals surface area contributed by atoms with Crippen LogP contribution in [0.4, 0.5) is 18.9 Å². The molecule has 5 nitrogen and oxygen atoms in total. The summed E-state index contributed by atoms with van der Waals surface area (Å²) in [6.45, 7) is 2.25. The van der Waals surface area contributed by atoms with Gasteiger partial charge in [-0.05, 0) is 48.7 Å². The molecule has 0 saturated carbocycles. The molecule has 0 spiro atoms. The molecule has 1 aliphatic rings. The average Bonchev–Trinajstić information content (AvgIpc) is 3.21. The van der Waals surface area contributed by atoms with E-state index in [9.17, 15) is 26.4 Å². The summed E-state index contributed by atoms with van der Waals surface area (Å²) in [5.41, 5.74) is -3.22. The normalized spacial score (nSPS) is 14.8. The molecule has 0 N–H and O–H groups in total. The van der Waals surface area contributed by atoms with Gasteiger partial charge in [-0.25, -0.2) is 8.42 Å². The predicted octanol–water partition coefficient (Wildman–Crippen LogP) is 3.85. The topological polar surface area (TPSA) is 57.7 Å². The van der Waals surface area contributed by atoms with Gasteiger partial charge in [-0.1, -0.05) is 18.2 Å². The molecule has 0 radical (unpaired) electrons. The quantitative estimate of drug-likeness (QED) is 0.729. The van der Waals surface area contributed by atoms with Crippen molar-refractivity contribution in [2.45, 2.75) is 29.8 Å². The Morgan fingerprint density at radius 3 is 2.21 bits per heavy atom. The number of para-hydroxylation sites is 1. The molecule has 2 aromatic carbocycles. The molecule has 1 saturated heterocycles. The molecule has 0 bridgehead atoms. The zero-order chi connectivity index (χ0) is 21.2. The number of amides is 1. The van der Waals surface area contributed by atoms with E-state index in [2.05, 4.69) is 4.90 Å². The highest BCUT2D eigenvalue weighted by atomic mass is 32.2. The maximum absolute atomic E-state index is 12.7. The highest BCUT2D eigenvalue weighted by molar-refractivity contribution is 7.92.